The summed E-state index contributed by atoms with van der Waals surface area (Å²) in [6.45, 7) is 5.72. The van der Waals surface area contributed by atoms with Crippen molar-refractivity contribution < 1.29 is 4.79 Å². The molecule has 0 aliphatic carbocycles. The van der Waals surface area contributed by atoms with E-state index in [9.17, 15) is 9.59 Å². The molecule has 7 nitrogen and oxygen atoms in total. The van der Waals surface area contributed by atoms with E-state index in [4.69, 9.17) is 0 Å². The Morgan fingerprint density at radius 3 is 2.63 bits per heavy atom. The standard InChI is InChI=1S/C20H23N5O2/c1-4-15-12-18(26)23-20(21-15)25-17(11-13(3)24-25)22-19(27)16(5-2)14-9-7-6-8-10-14/h6-12,16H,4-5H2,1-3H3,(H,22,27)(H,21,23,26)/t16-/m0/s1. The Kier molecular flexibility index (Phi) is 5.49. The van der Waals surface area contributed by atoms with E-state index in [1.807, 2.05) is 51.1 Å². The lowest BCUT2D eigenvalue weighted by molar-refractivity contribution is -0.117. The van der Waals surface area contributed by atoms with Crippen LogP contribution in [-0.2, 0) is 11.2 Å². The lowest BCUT2D eigenvalue weighted by Crippen LogP contribution is -2.23. The van der Waals surface area contributed by atoms with Crippen LogP contribution in [-0.4, -0.2) is 25.7 Å². The smallest absolute Gasteiger partial charge is 0.252 e. The molecule has 1 aromatic carbocycles. The third-order valence-corrected chi connectivity index (χ3v) is 4.35. The molecule has 27 heavy (non-hydrogen) atoms. The summed E-state index contributed by atoms with van der Waals surface area (Å²) in [5.41, 5.74) is 2.08. The number of nitrogens with one attached hydrogen (secondary N) is 2. The number of benzene rings is 1. The van der Waals surface area contributed by atoms with Crippen LogP contribution in [0.5, 0.6) is 0 Å². The van der Waals surface area contributed by atoms with Crippen molar-refractivity contribution in [3.05, 3.63) is 69.8 Å². The zero-order chi connectivity index (χ0) is 19.4. The minimum absolute atomic E-state index is 0.126. The zero-order valence-corrected chi connectivity index (χ0v) is 15.7. The molecule has 7 heteroatoms. The molecule has 2 N–H and O–H groups in total. The lowest BCUT2D eigenvalue weighted by atomic mass is 9.96. The number of carbonyl (C=O) groups excluding carboxylic acids is 1. The second-order valence-corrected chi connectivity index (χ2v) is 6.36. The third kappa shape index (κ3) is 4.13. The summed E-state index contributed by atoms with van der Waals surface area (Å²) in [6, 6.07) is 12.9. The molecule has 1 atom stereocenters. The summed E-state index contributed by atoms with van der Waals surface area (Å²) >= 11 is 0. The number of anilines is 1. The normalized spacial score (nSPS) is 12.0. The Bertz CT molecular complexity index is 991. The Hall–Kier alpha value is -3.22. The molecule has 2 aromatic heterocycles. The molecule has 3 aromatic rings. The largest absolute Gasteiger partial charge is 0.310 e. The number of aryl methyl sites for hydroxylation is 2. The fourth-order valence-electron chi connectivity index (χ4n) is 3.00. The molecule has 3 rings (SSSR count). The van der Waals surface area contributed by atoms with Crippen molar-refractivity contribution >= 4 is 11.7 Å². The van der Waals surface area contributed by atoms with Crippen LogP contribution in [0.4, 0.5) is 5.82 Å². The number of carbonyl (C=O) groups is 1. The van der Waals surface area contributed by atoms with Gasteiger partial charge in [-0.05, 0) is 25.3 Å². The summed E-state index contributed by atoms with van der Waals surface area (Å²) in [6.07, 6.45) is 1.30. The summed E-state index contributed by atoms with van der Waals surface area (Å²) in [5, 5.41) is 7.31. The maximum atomic E-state index is 12.9. The molecule has 1 amide bonds. The number of aromatic nitrogens is 4. The quantitative estimate of drug-likeness (QED) is 0.702. The number of nitrogens with zero attached hydrogens (tertiary/aromatic N) is 3. The molecule has 2 heterocycles. The van der Waals surface area contributed by atoms with Crippen LogP contribution in [0.15, 0.2) is 47.3 Å². The molecule has 0 saturated carbocycles. The first kappa shape index (κ1) is 18.6. The van der Waals surface area contributed by atoms with Gasteiger partial charge in [0.1, 0.15) is 5.82 Å². The van der Waals surface area contributed by atoms with Crippen LogP contribution in [0.3, 0.4) is 0 Å². The molecule has 0 fully saturated rings. The second-order valence-electron chi connectivity index (χ2n) is 6.36. The van der Waals surface area contributed by atoms with Crippen molar-refractivity contribution in [2.45, 2.75) is 39.5 Å². The predicted octanol–water partition coefficient (Wildman–Crippen LogP) is 2.96. The summed E-state index contributed by atoms with van der Waals surface area (Å²) in [4.78, 5) is 31.9. The Morgan fingerprint density at radius 2 is 1.96 bits per heavy atom. The molecular formula is C20H23N5O2. The Labute approximate surface area is 157 Å². The molecule has 0 spiro atoms. The van der Waals surface area contributed by atoms with Crippen LogP contribution in [0.1, 0.15) is 43.1 Å². The lowest BCUT2D eigenvalue weighted by Gasteiger charge is -2.16. The maximum Gasteiger partial charge on any atom is 0.252 e. The number of H-pyrrole nitrogens is 1. The first-order valence-corrected chi connectivity index (χ1v) is 9.05. The van der Waals surface area contributed by atoms with Crippen molar-refractivity contribution in [3.8, 4) is 5.95 Å². The van der Waals surface area contributed by atoms with Crippen molar-refractivity contribution in [2.24, 2.45) is 0 Å². The van der Waals surface area contributed by atoms with Crippen molar-refractivity contribution in [1.29, 1.82) is 0 Å². The van der Waals surface area contributed by atoms with Gasteiger partial charge in [0, 0.05) is 17.8 Å². The fraction of sp³-hybridized carbons (Fsp3) is 0.300. The molecule has 0 aliphatic rings. The van der Waals surface area contributed by atoms with E-state index in [-0.39, 0.29) is 23.3 Å². The number of aromatic amines is 1. The van der Waals surface area contributed by atoms with E-state index in [2.05, 4.69) is 20.4 Å². The van der Waals surface area contributed by atoms with Gasteiger partial charge in [0.2, 0.25) is 11.9 Å². The van der Waals surface area contributed by atoms with Crippen LogP contribution < -0.4 is 10.9 Å². The minimum atomic E-state index is -0.274. The number of hydrogen-bond donors (Lipinski definition) is 2. The average Bonchev–Trinajstić information content (AvgIpc) is 3.03. The first-order chi connectivity index (χ1) is 13.0. The zero-order valence-electron chi connectivity index (χ0n) is 15.7. The van der Waals surface area contributed by atoms with Gasteiger partial charge in [-0.2, -0.15) is 9.78 Å². The van der Waals surface area contributed by atoms with Crippen LogP contribution in [0.25, 0.3) is 5.95 Å². The predicted molar refractivity (Wildman–Crippen MR) is 104 cm³/mol. The van der Waals surface area contributed by atoms with Gasteiger partial charge < -0.3 is 5.32 Å². The molecule has 0 bridgehead atoms. The first-order valence-electron chi connectivity index (χ1n) is 9.05. The van der Waals surface area contributed by atoms with E-state index in [0.717, 1.165) is 5.56 Å². The highest BCUT2D eigenvalue weighted by molar-refractivity contribution is 5.95. The van der Waals surface area contributed by atoms with Gasteiger partial charge in [-0.25, -0.2) is 4.98 Å². The number of hydrogen-bond acceptors (Lipinski definition) is 4. The van der Waals surface area contributed by atoms with E-state index in [0.29, 0.717) is 30.0 Å². The SMILES string of the molecule is CCc1cc(=O)[nH]c(-n2nc(C)cc2NC(=O)[C@@H](CC)c2ccccc2)n1. The van der Waals surface area contributed by atoms with Crippen LogP contribution in [0.2, 0.25) is 0 Å². The highest BCUT2D eigenvalue weighted by atomic mass is 16.2. The Morgan fingerprint density at radius 1 is 1.22 bits per heavy atom. The van der Waals surface area contributed by atoms with E-state index in [1.54, 1.807) is 6.07 Å². The van der Waals surface area contributed by atoms with Gasteiger partial charge in [-0.1, -0.05) is 44.2 Å². The van der Waals surface area contributed by atoms with Crippen molar-refractivity contribution in [3.63, 3.8) is 0 Å². The van der Waals surface area contributed by atoms with Gasteiger partial charge in [-0.3, -0.25) is 14.6 Å². The molecule has 0 aliphatic heterocycles. The van der Waals surface area contributed by atoms with Crippen molar-refractivity contribution in [2.75, 3.05) is 5.32 Å². The minimum Gasteiger partial charge on any atom is -0.310 e. The summed E-state index contributed by atoms with van der Waals surface area (Å²) < 4.78 is 1.46. The van der Waals surface area contributed by atoms with Crippen LogP contribution in [0, 0.1) is 6.92 Å². The van der Waals surface area contributed by atoms with Crippen molar-refractivity contribution in [1.82, 2.24) is 19.7 Å². The molecule has 0 saturated heterocycles. The average molecular weight is 365 g/mol. The molecule has 0 radical (unpaired) electrons. The number of amides is 1. The van der Waals surface area contributed by atoms with Gasteiger partial charge in [-0.15, -0.1) is 0 Å². The maximum absolute atomic E-state index is 12.9. The number of rotatable bonds is 6. The molecular weight excluding hydrogens is 342 g/mol. The summed E-state index contributed by atoms with van der Waals surface area (Å²) in [5.74, 6) is 0.362. The topological polar surface area (TPSA) is 92.7 Å². The molecule has 0 unspecified atom stereocenters. The Balaban J connectivity index is 1.93. The highest BCUT2D eigenvalue weighted by Crippen LogP contribution is 2.22. The van der Waals surface area contributed by atoms with Gasteiger partial charge in [0.25, 0.3) is 5.56 Å². The summed E-state index contributed by atoms with van der Waals surface area (Å²) in [7, 11) is 0. The van der Waals surface area contributed by atoms with Gasteiger partial charge in [0.05, 0.1) is 11.6 Å². The van der Waals surface area contributed by atoms with E-state index in [1.165, 1.54) is 10.7 Å². The van der Waals surface area contributed by atoms with Gasteiger partial charge >= 0.3 is 0 Å². The monoisotopic (exact) mass is 365 g/mol. The van der Waals surface area contributed by atoms with Gasteiger partial charge in [0.15, 0.2) is 0 Å². The van der Waals surface area contributed by atoms with Crippen LogP contribution >= 0.6 is 0 Å². The van der Waals surface area contributed by atoms with E-state index < -0.39 is 0 Å². The second kappa shape index (κ2) is 7.99. The third-order valence-electron chi connectivity index (χ3n) is 4.35. The fourth-order valence-corrected chi connectivity index (χ4v) is 3.00. The highest BCUT2D eigenvalue weighted by Gasteiger charge is 2.21. The van der Waals surface area contributed by atoms with E-state index >= 15 is 0 Å². The molecule has 140 valence electrons.